The molecular weight excluding hydrogens is 591 g/mol. The largest absolute Gasteiger partial charge is 0.325 e. The number of halogens is 1. The van der Waals surface area contributed by atoms with E-state index in [0.717, 1.165) is 12.8 Å². The second-order valence-electron chi connectivity index (χ2n) is 13.1. The maximum atomic E-state index is 10.8. The molecule has 41 heavy (non-hydrogen) atoms. The molecule has 0 aliphatic carbocycles. The number of hydrogen-bond acceptors (Lipinski definition) is 1. The van der Waals surface area contributed by atoms with E-state index in [9.17, 15) is 4.57 Å². The zero-order valence-corrected chi connectivity index (χ0v) is 30.1. The number of unbranched alkanes of at least 4 members (excludes halogenated alkanes) is 33. The highest BCUT2D eigenvalue weighted by Crippen LogP contribution is 2.35. The number of rotatable bonds is 36. The van der Waals surface area contributed by atoms with Crippen molar-refractivity contribution in [1.29, 1.82) is 0 Å². The smallest absolute Gasteiger partial charge is 0.324 e. The van der Waals surface area contributed by atoms with Crippen LogP contribution in [0.1, 0.15) is 218 Å². The van der Waals surface area contributed by atoms with Crippen molar-refractivity contribution in [3.63, 3.8) is 0 Å². The van der Waals surface area contributed by atoms with Gasteiger partial charge in [-0.2, -0.15) is 0 Å². The Labute approximate surface area is 266 Å². The average molecular weight is 666 g/mol. The average Bonchev–Trinajstić information content (AvgIpc) is 2.94. The molecule has 0 atom stereocenters. The Morgan fingerprint density at radius 1 is 0.293 bits per heavy atom. The molecule has 0 bridgehead atoms. The molecule has 0 rings (SSSR count). The molecule has 0 aliphatic rings. The van der Waals surface area contributed by atoms with Gasteiger partial charge in [-0.1, -0.05) is 221 Å². The van der Waals surface area contributed by atoms with Gasteiger partial charge in [-0.05, 0) is 12.8 Å². The molecule has 2 N–H and O–H groups in total. The molecule has 0 fully saturated rings. The van der Waals surface area contributed by atoms with Gasteiger partial charge in [-0.3, -0.25) is 4.57 Å². The molecule has 0 aromatic rings. The van der Waals surface area contributed by atoms with Gasteiger partial charge in [-0.15, -0.1) is 0 Å². The summed E-state index contributed by atoms with van der Waals surface area (Å²) in [4.78, 5) is 17.7. The van der Waals surface area contributed by atoms with Gasteiger partial charge in [0.05, 0.1) is 0 Å². The molecule has 0 spiro atoms. The maximum Gasteiger partial charge on any atom is 0.325 e. The zero-order chi connectivity index (χ0) is 30.0. The van der Waals surface area contributed by atoms with Gasteiger partial charge in [0.1, 0.15) is 0 Å². The van der Waals surface area contributed by atoms with E-state index in [1.165, 1.54) is 204 Å². The summed E-state index contributed by atoms with van der Waals surface area (Å²) in [5.74, 6) is 0. The van der Waals surface area contributed by atoms with E-state index in [1.54, 1.807) is 0 Å². The highest BCUT2D eigenvalue weighted by atomic mass is 79.9. The van der Waals surface area contributed by atoms with Crippen molar-refractivity contribution < 1.29 is 14.4 Å². The third kappa shape index (κ3) is 40.6. The van der Waals surface area contributed by atoms with Crippen LogP contribution in [0.25, 0.3) is 0 Å². The van der Waals surface area contributed by atoms with Crippen molar-refractivity contribution in [2.24, 2.45) is 0 Å². The monoisotopic (exact) mass is 664 g/mol. The van der Waals surface area contributed by atoms with Gasteiger partial charge in [0.15, 0.2) is 0 Å². The highest BCUT2D eigenvalue weighted by Gasteiger charge is 2.10. The van der Waals surface area contributed by atoms with Gasteiger partial charge < -0.3 is 9.79 Å². The van der Waals surface area contributed by atoms with Gasteiger partial charge in [0.25, 0.3) is 0 Å². The lowest BCUT2D eigenvalue weighted by Gasteiger charge is -2.05. The summed E-state index contributed by atoms with van der Waals surface area (Å²) in [6.07, 6.45) is 47.1. The quantitative estimate of drug-likeness (QED) is 0.0398. The Balaban J connectivity index is 3.05. The molecule has 3 nitrogen and oxygen atoms in total. The van der Waals surface area contributed by atoms with Crippen LogP contribution in [0.15, 0.2) is 0 Å². The van der Waals surface area contributed by atoms with E-state index < -0.39 is 7.60 Å². The van der Waals surface area contributed by atoms with Crippen LogP contribution in [-0.2, 0) is 4.57 Å². The number of hydrogen-bond donors (Lipinski definition) is 2. The van der Waals surface area contributed by atoms with E-state index in [0.29, 0.717) is 6.42 Å². The normalized spacial score (nSPS) is 12.0. The van der Waals surface area contributed by atoms with Gasteiger partial charge in [0, 0.05) is 11.5 Å². The predicted molar refractivity (Wildman–Crippen MR) is 188 cm³/mol. The lowest BCUT2D eigenvalue weighted by molar-refractivity contribution is 0.370. The van der Waals surface area contributed by atoms with Crippen molar-refractivity contribution in [2.45, 2.75) is 218 Å². The second-order valence-corrected chi connectivity index (χ2v) is 15.7. The topological polar surface area (TPSA) is 57.5 Å². The summed E-state index contributed by atoms with van der Waals surface area (Å²) < 4.78 is 10.8. The first-order valence-corrected chi connectivity index (χ1v) is 21.6. The van der Waals surface area contributed by atoms with Crippen molar-refractivity contribution in [3.05, 3.63) is 0 Å². The zero-order valence-electron chi connectivity index (χ0n) is 27.6. The summed E-state index contributed by atoms with van der Waals surface area (Å²) in [5.41, 5.74) is 0. The van der Waals surface area contributed by atoms with Crippen LogP contribution in [0.2, 0.25) is 0 Å². The molecule has 0 aromatic heterocycles. The standard InChI is InChI=1S/C36H74BrO3P/c37-35-33-31-29-27-25-23-21-19-17-15-13-11-9-7-5-3-1-2-4-6-8-10-12-14-16-18-20-22-24-26-28-30-32-34-36-41(38,39)40/h1-36H2,(H2,38,39,40). The molecule has 0 aliphatic heterocycles. The Morgan fingerprint density at radius 3 is 0.585 bits per heavy atom. The van der Waals surface area contributed by atoms with E-state index >= 15 is 0 Å². The minimum Gasteiger partial charge on any atom is -0.324 e. The lowest BCUT2D eigenvalue weighted by atomic mass is 10.0. The third-order valence-corrected chi connectivity index (χ3v) is 10.3. The lowest BCUT2D eigenvalue weighted by Crippen LogP contribution is -1.88. The van der Waals surface area contributed by atoms with Crippen molar-refractivity contribution in [1.82, 2.24) is 0 Å². The molecule has 0 saturated heterocycles. The van der Waals surface area contributed by atoms with Gasteiger partial charge >= 0.3 is 7.60 Å². The molecule has 0 radical (unpaired) electrons. The first-order chi connectivity index (χ1) is 20.1. The molecule has 0 unspecified atom stereocenters. The summed E-state index contributed by atoms with van der Waals surface area (Å²) in [6.45, 7) is 0. The molecule has 5 heteroatoms. The predicted octanol–water partition coefficient (Wildman–Crippen LogP) is 13.8. The minimum atomic E-state index is -3.77. The first-order valence-electron chi connectivity index (χ1n) is 18.7. The Morgan fingerprint density at radius 2 is 0.439 bits per heavy atom. The van der Waals surface area contributed by atoms with Crippen molar-refractivity contribution in [3.8, 4) is 0 Å². The van der Waals surface area contributed by atoms with E-state index in [2.05, 4.69) is 15.9 Å². The van der Waals surface area contributed by atoms with E-state index in [-0.39, 0.29) is 6.16 Å². The molecule has 0 heterocycles. The fraction of sp³-hybridized carbons (Fsp3) is 1.00. The molecule has 248 valence electrons. The molecular formula is C36H74BrO3P. The van der Waals surface area contributed by atoms with Crippen LogP contribution in [0.4, 0.5) is 0 Å². The molecule has 0 saturated carbocycles. The van der Waals surface area contributed by atoms with Crippen molar-refractivity contribution >= 4 is 23.5 Å². The molecule has 0 aromatic carbocycles. The molecule has 0 amide bonds. The second kappa shape index (κ2) is 35.1. The van der Waals surface area contributed by atoms with Crippen LogP contribution in [0, 0.1) is 0 Å². The van der Waals surface area contributed by atoms with Crippen LogP contribution in [0.3, 0.4) is 0 Å². The first kappa shape index (κ1) is 41.6. The highest BCUT2D eigenvalue weighted by molar-refractivity contribution is 9.09. The van der Waals surface area contributed by atoms with Gasteiger partial charge in [-0.25, -0.2) is 0 Å². The van der Waals surface area contributed by atoms with E-state index in [1.807, 2.05) is 0 Å². The Kier molecular flexibility index (Phi) is 35.7. The van der Waals surface area contributed by atoms with Crippen LogP contribution in [0.5, 0.6) is 0 Å². The van der Waals surface area contributed by atoms with Crippen LogP contribution >= 0.6 is 23.5 Å². The van der Waals surface area contributed by atoms with Gasteiger partial charge in [0.2, 0.25) is 0 Å². The number of alkyl halides is 1. The summed E-state index contributed by atoms with van der Waals surface area (Å²) in [7, 11) is -3.77. The van der Waals surface area contributed by atoms with E-state index in [4.69, 9.17) is 9.79 Å². The minimum absolute atomic E-state index is 0.0616. The van der Waals surface area contributed by atoms with Crippen LogP contribution in [-0.4, -0.2) is 21.3 Å². The van der Waals surface area contributed by atoms with Crippen LogP contribution < -0.4 is 0 Å². The summed E-state index contributed by atoms with van der Waals surface area (Å²) in [6, 6.07) is 0. The summed E-state index contributed by atoms with van der Waals surface area (Å²) >= 11 is 3.52. The Bertz CT molecular complexity index is 525. The van der Waals surface area contributed by atoms with Crippen molar-refractivity contribution in [2.75, 3.05) is 11.5 Å². The summed E-state index contributed by atoms with van der Waals surface area (Å²) in [5, 5.41) is 1.18. The SMILES string of the molecule is O=P(O)(O)CCCCCCCCCCCCCCCCCCCCCCCCCCCCCCCCCCCCBr. The fourth-order valence-corrected chi connectivity index (χ4v) is 7.10. The maximum absolute atomic E-state index is 10.8. The fourth-order valence-electron chi connectivity index (χ4n) is 6.07. The third-order valence-electron chi connectivity index (χ3n) is 8.83. The Hall–Kier alpha value is 0.630.